The molecule has 5 nitrogen and oxygen atoms in total. The van der Waals surface area contributed by atoms with Crippen LogP contribution in [0.15, 0.2) is 48.5 Å². The first-order valence-corrected chi connectivity index (χ1v) is 8.48. The zero-order chi connectivity index (χ0) is 19.2. The first-order valence-electron chi connectivity index (χ1n) is 8.48. The van der Waals surface area contributed by atoms with Crippen molar-refractivity contribution in [3.8, 4) is 47.7 Å². The number of terminal acetylenes is 2. The van der Waals surface area contributed by atoms with E-state index in [1.807, 2.05) is 36.4 Å². The average Bonchev–Trinajstić information content (AvgIpc) is 2.70. The predicted octanol–water partition coefficient (Wildman–Crippen LogP) is 3.19. The molecule has 0 saturated carbocycles. The topological polar surface area (TPSA) is 46.2 Å². The van der Waals surface area contributed by atoms with Crippen LogP contribution in [-0.4, -0.2) is 39.6 Å². The standard InChI is InChI=1S/C22H22O5/c1-3-11-24-19-7-5-9-21(17-19)26-15-13-23-14-16-27-22-10-6-8-20(18-22)25-12-4-2/h1-2,5-10,17-18H,11-16H2. The molecule has 0 aromatic heterocycles. The van der Waals surface area contributed by atoms with E-state index in [0.29, 0.717) is 49.4 Å². The maximum Gasteiger partial charge on any atom is 0.148 e. The Morgan fingerprint density at radius 3 is 1.41 bits per heavy atom. The zero-order valence-corrected chi connectivity index (χ0v) is 15.1. The van der Waals surface area contributed by atoms with E-state index in [9.17, 15) is 0 Å². The van der Waals surface area contributed by atoms with E-state index in [1.165, 1.54) is 0 Å². The molecule has 0 aliphatic rings. The molecule has 2 aromatic rings. The molecular weight excluding hydrogens is 344 g/mol. The summed E-state index contributed by atoms with van der Waals surface area (Å²) in [4.78, 5) is 0. The monoisotopic (exact) mass is 366 g/mol. The summed E-state index contributed by atoms with van der Waals surface area (Å²) in [5.74, 6) is 7.60. The zero-order valence-electron chi connectivity index (χ0n) is 15.1. The van der Waals surface area contributed by atoms with Gasteiger partial charge in [-0.05, 0) is 24.3 Å². The molecule has 2 aromatic carbocycles. The first-order chi connectivity index (χ1) is 13.3. The van der Waals surface area contributed by atoms with Crippen molar-refractivity contribution in [1.82, 2.24) is 0 Å². The second-order valence-electron chi connectivity index (χ2n) is 5.24. The van der Waals surface area contributed by atoms with Crippen LogP contribution in [0.1, 0.15) is 0 Å². The molecule has 0 aliphatic heterocycles. The molecule has 0 N–H and O–H groups in total. The third-order valence-electron chi connectivity index (χ3n) is 3.25. The highest BCUT2D eigenvalue weighted by atomic mass is 16.5. The highest BCUT2D eigenvalue weighted by Crippen LogP contribution is 2.20. The van der Waals surface area contributed by atoms with Gasteiger partial charge in [-0.2, -0.15) is 0 Å². The van der Waals surface area contributed by atoms with E-state index >= 15 is 0 Å². The van der Waals surface area contributed by atoms with E-state index in [0.717, 1.165) is 0 Å². The largest absolute Gasteiger partial charge is 0.491 e. The number of hydrogen-bond donors (Lipinski definition) is 0. The minimum absolute atomic E-state index is 0.228. The van der Waals surface area contributed by atoms with Crippen LogP contribution in [0.25, 0.3) is 0 Å². The van der Waals surface area contributed by atoms with Gasteiger partial charge in [-0.3, -0.25) is 0 Å². The third-order valence-corrected chi connectivity index (χ3v) is 3.25. The summed E-state index contributed by atoms with van der Waals surface area (Å²) in [5.41, 5.74) is 0. The molecule has 0 saturated heterocycles. The lowest BCUT2D eigenvalue weighted by Gasteiger charge is -2.10. The summed E-state index contributed by atoms with van der Waals surface area (Å²) >= 11 is 0. The fraction of sp³-hybridized carbons (Fsp3) is 0.273. The van der Waals surface area contributed by atoms with Gasteiger partial charge in [0, 0.05) is 12.1 Å². The van der Waals surface area contributed by atoms with Gasteiger partial charge in [-0.25, -0.2) is 0 Å². The van der Waals surface area contributed by atoms with Crippen LogP contribution in [-0.2, 0) is 4.74 Å². The van der Waals surface area contributed by atoms with Crippen molar-refractivity contribution in [2.45, 2.75) is 0 Å². The van der Waals surface area contributed by atoms with E-state index in [1.54, 1.807) is 12.1 Å². The van der Waals surface area contributed by atoms with Crippen LogP contribution in [0.4, 0.5) is 0 Å². The van der Waals surface area contributed by atoms with Gasteiger partial charge in [0.1, 0.15) is 49.4 Å². The molecule has 0 atom stereocenters. The van der Waals surface area contributed by atoms with Gasteiger partial charge < -0.3 is 23.7 Å². The Bertz CT molecular complexity index is 707. The summed E-state index contributed by atoms with van der Waals surface area (Å²) in [6.07, 6.45) is 10.3. The van der Waals surface area contributed by atoms with Crippen molar-refractivity contribution < 1.29 is 23.7 Å². The summed E-state index contributed by atoms with van der Waals surface area (Å²) in [6, 6.07) is 14.6. The van der Waals surface area contributed by atoms with Crippen LogP contribution in [0, 0.1) is 24.7 Å². The Balaban J connectivity index is 1.59. The van der Waals surface area contributed by atoms with Crippen LogP contribution >= 0.6 is 0 Å². The van der Waals surface area contributed by atoms with Crippen molar-refractivity contribution in [2.75, 3.05) is 39.6 Å². The van der Waals surface area contributed by atoms with Crippen LogP contribution in [0.5, 0.6) is 23.0 Å². The molecule has 140 valence electrons. The quantitative estimate of drug-likeness (QED) is 0.426. The summed E-state index contributed by atoms with van der Waals surface area (Å²) in [6.45, 7) is 2.20. The second kappa shape index (κ2) is 12.1. The fourth-order valence-corrected chi connectivity index (χ4v) is 2.10. The predicted molar refractivity (Wildman–Crippen MR) is 103 cm³/mol. The number of hydrogen-bond acceptors (Lipinski definition) is 5. The van der Waals surface area contributed by atoms with Crippen LogP contribution in [0.3, 0.4) is 0 Å². The molecule has 0 bridgehead atoms. The van der Waals surface area contributed by atoms with E-state index < -0.39 is 0 Å². The maximum atomic E-state index is 5.61. The van der Waals surface area contributed by atoms with Gasteiger partial charge in [0.05, 0.1) is 13.2 Å². The van der Waals surface area contributed by atoms with Gasteiger partial charge >= 0.3 is 0 Å². The number of rotatable bonds is 12. The van der Waals surface area contributed by atoms with Crippen molar-refractivity contribution in [3.05, 3.63) is 48.5 Å². The lowest BCUT2D eigenvalue weighted by Crippen LogP contribution is -2.12. The fourth-order valence-electron chi connectivity index (χ4n) is 2.10. The molecule has 0 unspecified atom stereocenters. The highest BCUT2D eigenvalue weighted by molar-refractivity contribution is 5.33. The molecule has 0 heterocycles. The molecule has 0 fully saturated rings. The Morgan fingerprint density at radius 1 is 0.593 bits per heavy atom. The van der Waals surface area contributed by atoms with Crippen molar-refractivity contribution in [3.63, 3.8) is 0 Å². The van der Waals surface area contributed by atoms with E-state index in [2.05, 4.69) is 11.8 Å². The lowest BCUT2D eigenvalue weighted by molar-refractivity contribution is 0.0763. The first kappa shape index (κ1) is 20.0. The van der Waals surface area contributed by atoms with Gasteiger partial charge in [-0.1, -0.05) is 24.0 Å². The van der Waals surface area contributed by atoms with E-state index in [4.69, 9.17) is 36.5 Å². The number of benzene rings is 2. The molecule has 5 heteroatoms. The third kappa shape index (κ3) is 8.09. The molecule has 0 spiro atoms. The van der Waals surface area contributed by atoms with Gasteiger partial charge in [0.2, 0.25) is 0 Å². The smallest absolute Gasteiger partial charge is 0.148 e. The summed E-state index contributed by atoms with van der Waals surface area (Å²) in [5, 5.41) is 0. The molecule has 0 aliphatic carbocycles. The molecule has 0 radical (unpaired) electrons. The number of ether oxygens (including phenoxy) is 5. The maximum absolute atomic E-state index is 5.61. The lowest BCUT2D eigenvalue weighted by atomic mass is 10.3. The summed E-state index contributed by atoms with van der Waals surface area (Å²) in [7, 11) is 0. The average molecular weight is 366 g/mol. The second-order valence-corrected chi connectivity index (χ2v) is 5.24. The minimum Gasteiger partial charge on any atom is -0.491 e. The summed E-state index contributed by atoms with van der Waals surface area (Å²) < 4.78 is 27.4. The van der Waals surface area contributed by atoms with E-state index in [-0.39, 0.29) is 13.2 Å². The van der Waals surface area contributed by atoms with Gasteiger partial charge in [0.15, 0.2) is 0 Å². The molecular formula is C22H22O5. The van der Waals surface area contributed by atoms with Crippen molar-refractivity contribution >= 4 is 0 Å². The minimum atomic E-state index is 0.228. The Labute approximate surface area is 160 Å². The molecule has 27 heavy (non-hydrogen) atoms. The van der Waals surface area contributed by atoms with Crippen molar-refractivity contribution in [2.24, 2.45) is 0 Å². The highest BCUT2D eigenvalue weighted by Gasteiger charge is 1.99. The SMILES string of the molecule is C#CCOc1cccc(OCCOCCOc2cccc(OCC#C)c2)c1. The van der Waals surface area contributed by atoms with Crippen molar-refractivity contribution in [1.29, 1.82) is 0 Å². The van der Waals surface area contributed by atoms with Gasteiger partial charge in [-0.15, -0.1) is 12.8 Å². The van der Waals surface area contributed by atoms with Crippen LogP contribution < -0.4 is 18.9 Å². The molecule has 0 amide bonds. The Morgan fingerprint density at radius 2 is 1.00 bits per heavy atom. The Kier molecular flexibility index (Phi) is 9.01. The normalized spacial score (nSPS) is 9.70. The molecule has 2 rings (SSSR count). The Hall–Kier alpha value is -3.28. The van der Waals surface area contributed by atoms with Crippen LogP contribution in [0.2, 0.25) is 0 Å². The van der Waals surface area contributed by atoms with Gasteiger partial charge in [0.25, 0.3) is 0 Å².